The predicted molar refractivity (Wildman–Crippen MR) is 133 cm³/mol. The van der Waals surface area contributed by atoms with Crippen molar-refractivity contribution in [3.8, 4) is 34.0 Å². The second-order valence-corrected chi connectivity index (χ2v) is 8.32. The van der Waals surface area contributed by atoms with E-state index in [9.17, 15) is 0 Å². The zero-order valence-corrected chi connectivity index (χ0v) is 18.7. The fraction of sp³-hybridized carbons (Fsp3) is 0.0357. The first-order chi connectivity index (χ1) is 16.3. The van der Waals surface area contributed by atoms with Crippen LogP contribution in [0.25, 0.3) is 22.5 Å². The number of thioether (sulfide) groups is 1. The molecule has 0 N–H and O–H groups in total. The molecule has 0 spiro atoms. The van der Waals surface area contributed by atoms with Crippen LogP contribution in [0.4, 0.5) is 0 Å². The van der Waals surface area contributed by atoms with E-state index in [4.69, 9.17) is 9.72 Å². The minimum atomic E-state index is 0.642. The molecule has 33 heavy (non-hydrogen) atoms. The molecule has 0 aliphatic rings. The molecule has 5 aromatic rings. The van der Waals surface area contributed by atoms with Crippen LogP contribution in [0.1, 0.15) is 5.56 Å². The monoisotopic (exact) mass is 447 g/mol. The molecule has 0 radical (unpaired) electrons. The van der Waals surface area contributed by atoms with E-state index < -0.39 is 0 Å². The number of ether oxygens (including phenoxy) is 1. The van der Waals surface area contributed by atoms with Gasteiger partial charge in [0.15, 0.2) is 0 Å². The number of nitrogens with zero attached hydrogens (tertiary/aromatic N) is 3. The van der Waals surface area contributed by atoms with Crippen LogP contribution in [-0.2, 0) is 5.75 Å². The van der Waals surface area contributed by atoms with Gasteiger partial charge < -0.3 is 4.74 Å². The SMILES string of the molecule is c1ccc(Oc2cccc(CSc3nnc(-c4ccccc4)c(-c4ccccc4)n3)c2)cc1. The molecule has 0 unspecified atom stereocenters. The Morgan fingerprint density at radius 1 is 0.576 bits per heavy atom. The Kier molecular flexibility index (Phi) is 6.41. The van der Waals surface area contributed by atoms with Crippen molar-refractivity contribution in [2.75, 3.05) is 0 Å². The van der Waals surface area contributed by atoms with Gasteiger partial charge in [-0.1, -0.05) is 103 Å². The Hall–Kier alpha value is -3.96. The quantitative estimate of drug-likeness (QED) is 0.245. The molecule has 1 aromatic heterocycles. The first-order valence-corrected chi connectivity index (χ1v) is 11.6. The zero-order chi connectivity index (χ0) is 22.3. The van der Waals surface area contributed by atoms with Crippen LogP contribution in [0.3, 0.4) is 0 Å². The van der Waals surface area contributed by atoms with Gasteiger partial charge in [-0.2, -0.15) is 0 Å². The average molecular weight is 448 g/mol. The molecule has 4 aromatic carbocycles. The molecule has 1 heterocycles. The van der Waals surface area contributed by atoms with E-state index in [0.29, 0.717) is 10.9 Å². The van der Waals surface area contributed by atoms with E-state index in [2.05, 4.69) is 28.4 Å². The first-order valence-electron chi connectivity index (χ1n) is 10.7. The molecule has 5 heteroatoms. The molecule has 5 rings (SSSR count). The summed E-state index contributed by atoms with van der Waals surface area (Å²) in [6.07, 6.45) is 0. The number of para-hydroxylation sites is 1. The third-order valence-corrected chi connectivity index (χ3v) is 5.92. The van der Waals surface area contributed by atoms with Crippen LogP contribution in [0.2, 0.25) is 0 Å². The van der Waals surface area contributed by atoms with E-state index in [1.165, 1.54) is 0 Å². The third kappa shape index (κ3) is 5.27. The lowest BCUT2D eigenvalue weighted by molar-refractivity contribution is 0.482. The van der Waals surface area contributed by atoms with E-state index in [1.54, 1.807) is 11.8 Å². The van der Waals surface area contributed by atoms with Gasteiger partial charge in [0.1, 0.15) is 22.9 Å². The third-order valence-electron chi connectivity index (χ3n) is 5.01. The Balaban J connectivity index is 1.38. The largest absolute Gasteiger partial charge is 0.457 e. The number of aromatic nitrogens is 3. The molecule has 0 bridgehead atoms. The van der Waals surface area contributed by atoms with Crippen molar-refractivity contribution in [3.63, 3.8) is 0 Å². The Labute approximate surface area is 197 Å². The summed E-state index contributed by atoms with van der Waals surface area (Å²) in [4.78, 5) is 4.88. The van der Waals surface area contributed by atoms with E-state index in [1.807, 2.05) is 97.1 Å². The fourth-order valence-corrected chi connectivity index (χ4v) is 4.16. The minimum Gasteiger partial charge on any atom is -0.457 e. The highest BCUT2D eigenvalue weighted by atomic mass is 32.2. The number of hydrogen-bond donors (Lipinski definition) is 0. The Morgan fingerprint density at radius 3 is 1.88 bits per heavy atom. The molecule has 0 saturated carbocycles. The van der Waals surface area contributed by atoms with Gasteiger partial charge in [-0.25, -0.2) is 4.98 Å². The van der Waals surface area contributed by atoms with Gasteiger partial charge in [0.25, 0.3) is 0 Å². The average Bonchev–Trinajstić information content (AvgIpc) is 2.89. The molecule has 4 nitrogen and oxygen atoms in total. The van der Waals surface area contributed by atoms with Crippen LogP contribution in [0, 0.1) is 0 Å². The molecule has 0 saturated heterocycles. The molecule has 0 aliphatic carbocycles. The normalized spacial score (nSPS) is 10.7. The smallest absolute Gasteiger partial charge is 0.210 e. The van der Waals surface area contributed by atoms with Crippen molar-refractivity contribution in [2.24, 2.45) is 0 Å². The predicted octanol–water partition coefficient (Wildman–Crippen LogP) is 7.29. The van der Waals surface area contributed by atoms with Gasteiger partial charge in [0.2, 0.25) is 5.16 Å². The standard InChI is InChI=1S/C28H21N3OS/c1-4-12-22(13-5-1)26-27(23-14-6-2-7-15-23)30-31-28(29-26)33-20-21-11-10-18-25(19-21)32-24-16-8-3-9-17-24/h1-19H,20H2. The summed E-state index contributed by atoms with van der Waals surface area (Å²) in [5, 5.41) is 9.61. The van der Waals surface area contributed by atoms with Crippen molar-refractivity contribution < 1.29 is 4.74 Å². The van der Waals surface area contributed by atoms with Crippen molar-refractivity contribution in [1.29, 1.82) is 0 Å². The fourth-order valence-electron chi connectivity index (χ4n) is 3.43. The molecule has 0 fully saturated rings. The number of benzene rings is 4. The summed E-state index contributed by atoms with van der Waals surface area (Å²) >= 11 is 1.56. The van der Waals surface area contributed by atoms with Crippen LogP contribution >= 0.6 is 11.8 Å². The van der Waals surface area contributed by atoms with Gasteiger partial charge in [-0.15, -0.1) is 10.2 Å². The second-order valence-electron chi connectivity index (χ2n) is 7.37. The summed E-state index contributed by atoms with van der Waals surface area (Å²) in [6.45, 7) is 0. The lowest BCUT2D eigenvalue weighted by Crippen LogP contribution is -1.99. The van der Waals surface area contributed by atoms with Gasteiger partial charge in [-0.05, 0) is 29.8 Å². The lowest BCUT2D eigenvalue weighted by atomic mass is 10.0. The maximum atomic E-state index is 5.96. The summed E-state index contributed by atoms with van der Waals surface area (Å²) in [7, 11) is 0. The van der Waals surface area contributed by atoms with Crippen LogP contribution < -0.4 is 4.74 Å². The highest BCUT2D eigenvalue weighted by Gasteiger charge is 2.14. The van der Waals surface area contributed by atoms with Gasteiger partial charge in [0, 0.05) is 16.9 Å². The maximum absolute atomic E-state index is 5.96. The van der Waals surface area contributed by atoms with Crippen molar-refractivity contribution in [2.45, 2.75) is 10.9 Å². The van der Waals surface area contributed by atoms with Crippen molar-refractivity contribution in [1.82, 2.24) is 15.2 Å². The molecule has 0 aliphatic heterocycles. The highest BCUT2D eigenvalue weighted by molar-refractivity contribution is 7.98. The van der Waals surface area contributed by atoms with Crippen LogP contribution in [0.15, 0.2) is 120 Å². The van der Waals surface area contributed by atoms with Gasteiger partial charge in [0.05, 0.1) is 0 Å². The first kappa shape index (κ1) is 20.9. The highest BCUT2D eigenvalue weighted by Crippen LogP contribution is 2.31. The van der Waals surface area contributed by atoms with E-state index in [0.717, 1.165) is 39.6 Å². The van der Waals surface area contributed by atoms with Crippen molar-refractivity contribution >= 4 is 11.8 Å². The lowest BCUT2D eigenvalue weighted by Gasteiger charge is -2.10. The summed E-state index contributed by atoms with van der Waals surface area (Å²) in [5.74, 6) is 2.34. The zero-order valence-electron chi connectivity index (χ0n) is 17.8. The van der Waals surface area contributed by atoms with Crippen LogP contribution in [0.5, 0.6) is 11.5 Å². The molecule has 0 amide bonds. The Bertz CT molecular complexity index is 1330. The molecular formula is C28H21N3OS. The van der Waals surface area contributed by atoms with Gasteiger partial charge in [-0.3, -0.25) is 0 Å². The number of hydrogen-bond acceptors (Lipinski definition) is 5. The van der Waals surface area contributed by atoms with E-state index >= 15 is 0 Å². The molecule has 160 valence electrons. The molecular weight excluding hydrogens is 426 g/mol. The molecule has 0 atom stereocenters. The summed E-state index contributed by atoms with van der Waals surface area (Å²) in [6, 6.07) is 38.0. The summed E-state index contributed by atoms with van der Waals surface area (Å²) < 4.78 is 5.96. The Morgan fingerprint density at radius 2 is 1.18 bits per heavy atom. The maximum Gasteiger partial charge on any atom is 0.210 e. The second kappa shape index (κ2) is 10.1. The van der Waals surface area contributed by atoms with E-state index in [-0.39, 0.29) is 0 Å². The van der Waals surface area contributed by atoms with Gasteiger partial charge >= 0.3 is 0 Å². The minimum absolute atomic E-state index is 0.642. The number of rotatable bonds is 7. The van der Waals surface area contributed by atoms with Crippen LogP contribution in [-0.4, -0.2) is 15.2 Å². The topological polar surface area (TPSA) is 47.9 Å². The van der Waals surface area contributed by atoms with Crippen molar-refractivity contribution in [3.05, 3.63) is 121 Å². The summed E-state index contributed by atoms with van der Waals surface area (Å²) in [5.41, 5.74) is 4.76.